The SMILES string of the molecule is [2H]c1c([2H])c([2H])c2c(-c3ccccc3B3OC(C)(C)C(C)(C)O3)c([2H])c([2H])c([2H])c2c1[2H]. The third-order valence-electron chi connectivity index (χ3n) is 5.05. The van der Waals surface area contributed by atoms with E-state index in [1.807, 2.05) is 27.7 Å². The van der Waals surface area contributed by atoms with Crippen LogP contribution in [0.2, 0.25) is 0 Å². The second-order valence-corrected chi connectivity index (χ2v) is 7.18. The summed E-state index contributed by atoms with van der Waals surface area (Å²) in [7, 11) is -0.772. The first kappa shape index (κ1) is 10.2. The van der Waals surface area contributed by atoms with Gasteiger partial charge in [0.25, 0.3) is 0 Å². The zero-order valence-corrected chi connectivity index (χ0v) is 14.7. The molecule has 0 unspecified atom stereocenters. The molecule has 1 aliphatic rings. The molecule has 0 atom stereocenters. The number of benzene rings is 3. The quantitative estimate of drug-likeness (QED) is 0.625. The fraction of sp³-hybridized carbons (Fsp3) is 0.273. The van der Waals surface area contributed by atoms with Gasteiger partial charge in [-0.15, -0.1) is 0 Å². The van der Waals surface area contributed by atoms with Crippen molar-refractivity contribution in [2.75, 3.05) is 0 Å². The van der Waals surface area contributed by atoms with Crippen LogP contribution in [0.25, 0.3) is 21.9 Å². The largest absolute Gasteiger partial charge is 0.495 e. The molecule has 126 valence electrons. The van der Waals surface area contributed by atoms with E-state index in [4.69, 9.17) is 18.9 Å². The Morgan fingerprint density at radius 1 is 0.800 bits per heavy atom. The first-order valence-electron chi connectivity index (χ1n) is 11.7. The summed E-state index contributed by atoms with van der Waals surface area (Å²) in [5.74, 6) is 0. The maximum absolute atomic E-state index is 8.63. The average Bonchev–Trinajstić information content (AvgIpc) is 2.95. The molecule has 0 radical (unpaired) electrons. The van der Waals surface area contributed by atoms with Gasteiger partial charge in [-0.25, -0.2) is 0 Å². The Morgan fingerprint density at radius 2 is 1.44 bits per heavy atom. The molecule has 0 N–H and O–H groups in total. The van der Waals surface area contributed by atoms with Crippen molar-refractivity contribution < 1.29 is 18.9 Å². The van der Waals surface area contributed by atoms with Crippen molar-refractivity contribution in [3.8, 4) is 11.1 Å². The van der Waals surface area contributed by atoms with Gasteiger partial charge in [-0.05, 0) is 55.1 Å². The fourth-order valence-corrected chi connectivity index (χ4v) is 2.91. The van der Waals surface area contributed by atoms with E-state index in [1.54, 1.807) is 24.3 Å². The van der Waals surface area contributed by atoms with Crippen LogP contribution in [0.5, 0.6) is 0 Å². The van der Waals surface area contributed by atoms with E-state index in [0.29, 0.717) is 11.0 Å². The van der Waals surface area contributed by atoms with E-state index < -0.39 is 48.5 Å². The predicted molar refractivity (Wildman–Crippen MR) is 105 cm³/mol. The van der Waals surface area contributed by atoms with Gasteiger partial charge in [-0.2, -0.15) is 0 Å². The van der Waals surface area contributed by atoms with Crippen LogP contribution in [-0.2, 0) is 9.31 Å². The van der Waals surface area contributed by atoms with Crippen LogP contribution in [-0.4, -0.2) is 18.3 Å². The Hall–Kier alpha value is -2.10. The van der Waals surface area contributed by atoms with Crippen LogP contribution in [0.15, 0.2) is 66.6 Å². The Balaban J connectivity index is 2.10. The minimum Gasteiger partial charge on any atom is -0.399 e. The minimum atomic E-state index is -0.772. The topological polar surface area (TPSA) is 18.5 Å². The lowest BCUT2D eigenvalue weighted by molar-refractivity contribution is 0.00578. The van der Waals surface area contributed by atoms with E-state index in [9.17, 15) is 0 Å². The van der Waals surface area contributed by atoms with E-state index in [1.165, 1.54) is 0 Å². The molecule has 3 heteroatoms. The highest BCUT2D eigenvalue weighted by molar-refractivity contribution is 6.64. The molecule has 1 fully saturated rings. The number of hydrogen-bond acceptors (Lipinski definition) is 2. The molecular formula is C22H23BO2. The normalized spacial score (nSPS) is 22.6. The second-order valence-electron chi connectivity index (χ2n) is 7.18. The van der Waals surface area contributed by atoms with Crippen LogP contribution in [0.1, 0.15) is 37.3 Å². The fourth-order valence-electron chi connectivity index (χ4n) is 2.91. The highest BCUT2D eigenvalue weighted by Crippen LogP contribution is 2.37. The molecule has 0 saturated carbocycles. The summed E-state index contributed by atoms with van der Waals surface area (Å²) in [6, 6.07) is 4.31. The summed E-state index contributed by atoms with van der Waals surface area (Å²) in [6.07, 6.45) is 0. The molecular weight excluding hydrogens is 307 g/mol. The van der Waals surface area contributed by atoms with E-state index in [2.05, 4.69) is 0 Å². The maximum atomic E-state index is 8.63. The molecule has 1 heterocycles. The van der Waals surface area contributed by atoms with Crippen molar-refractivity contribution >= 4 is 23.4 Å². The van der Waals surface area contributed by atoms with Crippen LogP contribution < -0.4 is 5.46 Å². The van der Waals surface area contributed by atoms with Crippen LogP contribution in [0, 0.1) is 0 Å². The van der Waals surface area contributed by atoms with Gasteiger partial charge < -0.3 is 9.31 Å². The molecule has 1 aliphatic heterocycles. The van der Waals surface area contributed by atoms with E-state index in [-0.39, 0.29) is 28.4 Å². The van der Waals surface area contributed by atoms with Gasteiger partial charge in [-0.1, -0.05) is 66.6 Å². The summed E-state index contributed by atoms with van der Waals surface area (Å²) < 4.78 is 70.6. The smallest absolute Gasteiger partial charge is 0.399 e. The van der Waals surface area contributed by atoms with Gasteiger partial charge in [-0.3, -0.25) is 0 Å². The van der Waals surface area contributed by atoms with Gasteiger partial charge in [0.1, 0.15) is 0 Å². The summed E-state index contributed by atoms with van der Waals surface area (Å²) in [5, 5.41) is -0.0262. The zero-order valence-electron chi connectivity index (χ0n) is 21.7. The first-order chi connectivity index (χ1) is 14.8. The summed E-state index contributed by atoms with van der Waals surface area (Å²) in [4.78, 5) is 0. The molecule has 0 amide bonds. The predicted octanol–water partition coefficient (Wildman–Crippen LogP) is 4.81. The van der Waals surface area contributed by atoms with Crippen molar-refractivity contribution in [3.05, 3.63) is 66.6 Å². The third kappa shape index (κ3) is 2.68. The van der Waals surface area contributed by atoms with Crippen molar-refractivity contribution in [2.24, 2.45) is 0 Å². The lowest BCUT2D eigenvalue weighted by Crippen LogP contribution is -2.41. The monoisotopic (exact) mass is 337 g/mol. The van der Waals surface area contributed by atoms with Crippen molar-refractivity contribution in [2.45, 2.75) is 38.9 Å². The summed E-state index contributed by atoms with van der Waals surface area (Å²) >= 11 is 0. The lowest BCUT2D eigenvalue weighted by Gasteiger charge is -2.32. The zero-order chi connectivity index (χ0) is 23.7. The standard InChI is InChI=1S/C22H23BO2/c1-21(2)22(3,4)25-23(24-21)20-15-8-7-13-19(20)18-14-9-11-16-10-5-6-12-17(16)18/h5-15H,1-4H3/i5D,6D,9D,10D,11D,12D,14D. The molecule has 3 aromatic carbocycles. The molecule has 0 bridgehead atoms. The third-order valence-corrected chi connectivity index (χ3v) is 5.05. The van der Waals surface area contributed by atoms with Gasteiger partial charge in [0.15, 0.2) is 0 Å². The van der Waals surface area contributed by atoms with Crippen LogP contribution in [0.3, 0.4) is 0 Å². The van der Waals surface area contributed by atoms with E-state index in [0.717, 1.165) is 0 Å². The van der Waals surface area contributed by atoms with Gasteiger partial charge in [0, 0.05) is 0 Å². The Labute approximate surface area is 159 Å². The number of rotatable bonds is 2. The molecule has 4 rings (SSSR count). The second kappa shape index (κ2) is 5.72. The molecule has 0 aliphatic carbocycles. The average molecular weight is 337 g/mol. The molecule has 3 aromatic rings. The van der Waals surface area contributed by atoms with E-state index >= 15 is 0 Å². The molecule has 1 saturated heterocycles. The first-order valence-corrected chi connectivity index (χ1v) is 8.25. The molecule has 0 spiro atoms. The summed E-state index contributed by atoms with van der Waals surface area (Å²) in [6.45, 7) is 7.70. The van der Waals surface area contributed by atoms with Crippen LogP contribution in [0.4, 0.5) is 0 Å². The number of fused-ring (bicyclic) bond motifs is 1. The minimum absolute atomic E-state index is 0.0472. The molecule has 0 aromatic heterocycles. The Morgan fingerprint density at radius 3 is 2.20 bits per heavy atom. The Kier molecular flexibility index (Phi) is 2.32. The Bertz CT molecular complexity index is 1250. The summed E-state index contributed by atoms with van der Waals surface area (Å²) in [5.41, 5.74) is 0.0143. The highest BCUT2D eigenvalue weighted by atomic mass is 16.7. The van der Waals surface area contributed by atoms with Crippen LogP contribution >= 0.6 is 0 Å². The maximum Gasteiger partial charge on any atom is 0.495 e. The van der Waals surface area contributed by atoms with Gasteiger partial charge in [0.2, 0.25) is 0 Å². The highest BCUT2D eigenvalue weighted by Gasteiger charge is 2.52. The van der Waals surface area contributed by atoms with Crippen molar-refractivity contribution in [3.63, 3.8) is 0 Å². The molecule has 25 heavy (non-hydrogen) atoms. The lowest BCUT2D eigenvalue weighted by atomic mass is 9.74. The molecule has 2 nitrogen and oxygen atoms in total. The number of hydrogen-bond donors (Lipinski definition) is 0. The van der Waals surface area contributed by atoms with Crippen molar-refractivity contribution in [1.82, 2.24) is 0 Å². The van der Waals surface area contributed by atoms with Gasteiger partial charge >= 0.3 is 7.12 Å². The van der Waals surface area contributed by atoms with Gasteiger partial charge in [0.05, 0.1) is 20.8 Å². The van der Waals surface area contributed by atoms with Crippen molar-refractivity contribution in [1.29, 1.82) is 0 Å².